The zero-order valence-electron chi connectivity index (χ0n) is 10.8. The number of benzene rings is 1. The van der Waals surface area contributed by atoms with Gasteiger partial charge in [0.15, 0.2) is 0 Å². The lowest BCUT2D eigenvalue weighted by atomic mass is 10.2. The molecule has 0 bridgehead atoms. The van der Waals surface area contributed by atoms with Gasteiger partial charge in [-0.15, -0.1) is 0 Å². The average molecular weight is 325 g/mol. The number of hydrogen-bond donors (Lipinski definition) is 3. The van der Waals surface area contributed by atoms with E-state index in [9.17, 15) is 22.8 Å². The van der Waals surface area contributed by atoms with Crippen molar-refractivity contribution >= 4 is 29.3 Å². The maximum Gasteiger partial charge on any atom is 0.416 e. The van der Waals surface area contributed by atoms with E-state index in [2.05, 4.69) is 10.6 Å². The van der Waals surface area contributed by atoms with Crippen LogP contribution in [0.25, 0.3) is 0 Å². The van der Waals surface area contributed by atoms with Gasteiger partial charge in [-0.25, -0.2) is 9.59 Å². The average Bonchev–Trinajstić information content (AvgIpc) is 2.36. The molecular formula is C12H12ClF3N2O3. The molecule has 0 aromatic heterocycles. The number of carbonyl (C=O) groups is 2. The predicted octanol–water partition coefficient (Wildman–Crippen LogP) is 3.34. The van der Waals surface area contributed by atoms with Gasteiger partial charge < -0.3 is 15.7 Å². The van der Waals surface area contributed by atoms with Gasteiger partial charge in [0, 0.05) is 0 Å². The number of rotatable bonds is 4. The van der Waals surface area contributed by atoms with E-state index in [-0.39, 0.29) is 17.1 Å². The van der Waals surface area contributed by atoms with Crippen LogP contribution >= 0.6 is 11.6 Å². The molecule has 0 heterocycles. The molecule has 0 aliphatic rings. The summed E-state index contributed by atoms with van der Waals surface area (Å²) < 4.78 is 37.3. The van der Waals surface area contributed by atoms with Crippen molar-refractivity contribution in [2.75, 3.05) is 5.32 Å². The molecule has 5 nitrogen and oxygen atoms in total. The molecule has 0 saturated heterocycles. The Morgan fingerprint density at radius 1 is 1.38 bits per heavy atom. The number of anilines is 1. The van der Waals surface area contributed by atoms with E-state index < -0.39 is 29.8 Å². The summed E-state index contributed by atoms with van der Waals surface area (Å²) in [7, 11) is 0. The maximum absolute atomic E-state index is 12.4. The fraction of sp³-hybridized carbons (Fsp3) is 0.333. The SMILES string of the molecule is CCC(NC(=O)Nc1ccc(C(F)(F)F)cc1Cl)C(=O)O. The van der Waals surface area contributed by atoms with E-state index in [0.717, 1.165) is 12.1 Å². The molecule has 0 spiro atoms. The van der Waals surface area contributed by atoms with Crippen molar-refractivity contribution in [1.29, 1.82) is 0 Å². The monoisotopic (exact) mass is 324 g/mol. The highest BCUT2D eigenvalue weighted by atomic mass is 35.5. The number of halogens is 4. The highest BCUT2D eigenvalue weighted by Crippen LogP contribution is 2.33. The van der Waals surface area contributed by atoms with Crippen LogP contribution in [0, 0.1) is 0 Å². The van der Waals surface area contributed by atoms with E-state index in [1.54, 1.807) is 6.92 Å². The van der Waals surface area contributed by atoms with E-state index in [1.807, 2.05) is 0 Å². The first-order chi connectivity index (χ1) is 9.65. The second kappa shape index (κ2) is 6.66. The standard InChI is InChI=1S/C12H12ClF3N2O3/c1-2-8(10(19)20)17-11(21)18-9-4-3-6(5-7(9)13)12(14,15)16/h3-5,8H,2H2,1H3,(H,19,20)(H2,17,18,21). The molecule has 0 saturated carbocycles. The summed E-state index contributed by atoms with van der Waals surface area (Å²) in [6, 6.07) is 0.456. The summed E-state index contributed by atoms with van der Waals surface area (Å²) in [5, 5.41) is 12.8. The number of amides is 2. The zero-order valence-corrected chi connectivity index (χ0v) is 11.5. The largest absolute Gasteiger partial charge is 0.480 e. The second-order valence-corrected chi connectivity index (χ2v) is 4.50. The quantitative estimate of drug-likeness (QED) is 0.794. The van der Waals surface area contributed by atoms with Crippen molar-refractivity contribution in [3.8, 4) is 0 Å². The topological polar surface area (TPSA) is 78.4 Å². The Kier molecular flexibility index (Phi) is 5.42. The van der Waals surface area contributed by atoms with Crippen molar-refractivity contribution in [2.45, 2.75) is 25.6 Å². The highest BCUT2D eigenvalue weighted by molar-refractivity contribution is 6.33. The van der Waals surface area contributed by atoms with Gasteiger partial charge in [-0.2, -0.15) is 13.2 Å². The number of carboxylic acid groups (broad SMARTS) is 1. The van der Waals surface area contributed by atoms with Crippen LogP contribution in [0.1, 0.15) is 18.9 Å². The van der Waals surface area contributed by atoms with E-state index in [1.165, 1.54) is 0 Å². The Morgan fingerprint density at radius 3 is 2.43 bits per heavy atom. The summed E-state index contributed by atoms with van der Waals surface area (Å²) >= 11 is 5.65. The van der Waals surface area contributed by atoms with Gasteiger partial charge in [-0.1, -0.05) is 18.5 Å². The first kappa shape index (κ1) is 17.1. The number of alkyl halides is 3. The van der Waals surface area contributed by atoms with Crippen molar-refractivity contribution in [3.05, 3.63) is 28.8 Å². The Morgan fingerprint density at radius 2 is 2.00 bits per heavy atom. The molecule has 1 aromatic rings. The van der Waals surface area contributed by atoms with Crippen LogP contribution in [0.2, 0.25) is 5.02 Å². The molecule has 0 aliphatic heterocycles. The smallest absolute Gasteiger partial charge is 0.416 e. The van der Waals surface area contributed by atoms with E-state index in [4.69, 9.17) is 16.7 Å². The van der Waals surface area contributed by atoms with Crippen molar-refractivity contribution in [1.82, 2.24) is 5.32 Å². The van der Waals surface area contributed by atoms with Crippen LogP contribution in [-0.4, -0.2) is 23.1 Å². The van der Waals surface area contributed by atoms with Crippen LogP contribution in [0.4, 0.5) is 23.7 Å². The number of urea groups is 1. The number of carbonyl (C=O) groups excluding carboxylic acids is 1. The van der Waals surface area contributed by atoms with E-state index in [0.29, 0.717) is 6.07 Å². The van der Waals surface area contributed by atoms with Crippen molar-refractivity contribution in [3.63, 3.8) is 0 Å². The lowest BCUT2D eigenvalue weighted by Gasteiger charge is -2.14. The minimum atomic E-state index is -4.54. The number of nitrogens with one attached hydrogen (secondary N) is 2. The van der Waals surface area contributed by atoms with Gasteiger partial charge in [0.2, 0.25) is 0 Å². The predicted molar refractivity (Wildman–Crippen MR) is 70.3 cm³/mol. The minimum absolute atomic E-state index is 0.0533. The molecule has 1 rings (SSSR count). The summed E-state index contributed by atoms with van der Waals surface area (Å²) in [6.45, 7) is 1.56. The van der Waals surface area contributed by atoms with Gasteiger partial charge in [0.05, 0.1) is 16.3 Å². The summed E-state index contributed by atoms with van der Waals surface area (Å²) in [5.74, 6) is -1.22. The van der Waals surface area contributed by atoms with Crippen LogP contribution in [0.3, 0.4) is 0 Å². The first-order valence-electron chi connectivity index (χ1n) is 5.82. The van der Waals surface area contributed by atoms with Crippen LogP contribution < -0.4 is 10.6 Å². The lowest BCUT2D eigenvalue weighted by Crippen LogP contribution is -2.42. The number of carboxylic acids is 1. The summed E-state index contributed by atoms with van der Waals surface area (Å²) in [4.78, 5) is 22.3. The van der Waals surface area contributed by atoms with Crippen molar-refractivity contribution < 1.29 is 27.9 Å². The summed E-state index contributed by atoms with van der Waals surface area (Å²) in [5.41, 5.74) is -1.00. The lowest BCUT2D eigenvalue weighted by molar-refractivity contribution is -0.139. The normalized spacial score (nSPS) is 12.6. The fourth-order valence-corrected chi connectivity index (χ4v) is 1.68. The molecular weight excluding hydrogens is 313 g/mol. The second-order valence-electron chi connectivity index (χ2n) is 4.09. The molecule has 1 unspecified atom stereocenters. The number of aliphatic carboxylic acids is 1. The van der Waals surface area contributed by atoms with Crippen molar-refractivity contribution in [2.24, 2.45) is 0 Å². The Bertz CT molecular complexity index is 549. The maximum atomic E-state index is 12.4. The van der Waals surface area contributed by atoms with Gasteiger partial charge in [0.25, 0.3) is 0 Å². The van der Waals surface area contributed by atoms with Gasteiger partial charge >= 0.3 is 18.2 Å². The minimum Gasteiger partial charge on any atom is -0.480 e. The molecule has 21 heavy (non-hydrogen) atoms. The van der Waals surface area contributed by atoms with Crippen LogP contribution in [-0.2, 0) is 11.0 Å². The van der Waals surface area contributed by atoms with Crippen LogP contribution in [0.5, 0.6) is 0 Å². The van der Waals surface area contributed by atoms with E-state index >= 15 is 0 Å². The molecule has 0 aliphatic carbocycles. The van der Waals surface area contributed by atoms with Gasteiger partial charge in [-0.3, -0.25) is 0 Å². The molecule has 116 valence electrons. The molecule has 2 amide bonds. The molecule has 0 fully saturated rings. The third-order valence-corrected chi connectivity index (χ3v) is 2.87. The molecule has 1 aromatic carbocycles. The molecule has 1 atom stereocenters. The molecule has 3 N–H and O–H groups in total. The fourth-order valence-electron chi connectivity index (χ4n) is 1.45. The van der Waals surface area contributed by atoms with Gasteiger partial charge in [0.1, 0.15) is 6.04 Å². The third kappa shape index (κ3) is 4.82. The first-order valence-corrected chi connectivity index (χ1v) is 6.20. The zero-order chi connectivity index (χ0) is 16.2. The highest BCUT2D eigenvalue weighted by Gasteiger charge is 2.31. The Balaban J connectivity index is 2.80. The Hall–Kier alpha value is -1.96. The van der Waals surface area contributed by atoms with Gasteiger partial charge in [-0.05, 0) is 24.6 Å². The third-order valence-electron chi connectivity index (χ3n) is 2.56. The molecule has 0 radical (unpaired) electrons. The van der Waals surface area contributed by atoms with Crippen LogP contribution in [0.15, 0.2) is 18.2 Å². The Labute approximate surface area is 123 Å². The molecule has 9 heteroatoms. The number of hydrogen-bond acceptors (Lipinski definition) is 2. The summed E-state index contributed by atoms with van der Waals surface area (Å²) in [6.07, 6.45) is -4.38.